The lowest BCUT2D eigenvalue weighted by Crippen LogP contribution is -2.39. The summed E-state index contributed by atoms with van der Waals surface area (Å²) in [4.78, 5) is 11.4. The molecule has 4 nitrogen and oxygen atoms in total. The third kappa shape index (κ3) is 3.24. The van der Waals surface area contributed by atoms with E-state index in [4.69, 9.17) is 10.5 Å². The van der Waals surface area contributed by atoms with E-state index in [0.717, 1.165) is 11.3 Å². The Kier molecular flexibility index (Phi) is 4.31. The largest absolute Gasteiger partial charge is 0.497 e. The lowest BCUT2D eigenvalue weighted by Gasteiger charge is -2.16. The number of nitrogens with one attached hydrogen (secondary N) is 1. The molecule has 0 saturated heterocycles. The van der Waals surface area contributed by atoms with Gasteiger partial charge in [0.25, 0.3) is 0 Å². The Morgan fingerprint density at radius 3 is 2.69 bits per heavy atom. The summed E-state index contributed by atoms with van der Waals surface area (Å²) < 4.78 is 5.12. The van der Waals surface area contributed by atoms with E-state index < -0.39 is 6.04 Å². The number of rotatable bonds is 4. The van der Waals surface area contributed by atoms with E-state index in [1.165, 1.54) is 0 Å². The predicted octanol–water partition coefficient (Wildman–Crippen LogP) is 1.22. The quantitative estimate of drug-likeness (QED) is 0.805. The second-order valence-corrected chi connectivity index (χ2v) is 3.80. The van der Waals surface area contributed by atoms with Crippen LogP contribution in [0.2, 0.25) is 0 Å². The highest BCUT2D eigenvalue weighted by Gasteiger charge is 2.12. The number of hydrogen-bond donors (Lipinski definition) is 2. The summed E-state index contributed by atoms with van der Waals surface area (Å²) in [5.41, 5.74) is 6.48. The van der Waals surface area contributed by atoms with Crippen LogP contribution in [0.5, 0.6) is 5.75 Å². The van der Waals surface area contributed by atoms with Gasteiger partial charge < -0.3 is 15.8 Å². The van der Waals surface area contributed by atoms with Gasteiger partial charge >= 0.3 is 0 Å². The van der Waals surface area contributed by atoms with Crippen molar-refractivity contribution in [3.05, 3.63) is 29.8 Å². The van der Waals surface area contributed by atoms with Crippen molar-refractivity contribution < 1.29 is 9.53 Å². The van der Waals surface area contributed by atoms with Crippen molar-refractivity contribution in [1.82, 2.24) is 5.32 Å². The van der Waals surface area contributed by atoms with E-state index in [2.05, 4.69) is 5.32 Å². The minimum atomic E-state index is -0.493. The lowest BCUT2D eigenvalue weighted by atomic mass is 10.1. The molecular formula is C12H18N2O2. The molecular weight excluding hydrogens is 204 g/mol. The molecule has 2 atom stereocenters. The van der Waals surface area contributed by atoms with Crippen molar-refractivity contribution in [3.63, 3.8) is 0 Å². The summed E-state index contributed by atoms with van der Waals surface area (Å²) in [6, 6.07) is 7.02. The average molecular weight is 222 g/mol. The molecule has 16 heavy (non-hydrogen) atoms. The van der Waals surface area contributed by atoms with Crippen LogP contribution < -0.4 is 15.8 Å². The average Bonchev–Trinajstić information content (AvgIpc) is 2.28. The van der Waals surface area contributed by atoms with Crippen LogP contribution in [0, 0.1) is 0 Å². The molecule has 0 aliphatic rings. The molecule has 1 aromatic rings. The third-order valence-electron chi connectivity index (χ3n) is 2.37. The van der Waals surface area contributed by atoms with Crippen LogP contribution in [0.4, 0.5) is 0 Å². The van der Waals surface area contributed by atoms with Gasteiger partial charge in [0.05, 0.1) is 19.2 Å². The predicted molar refractivity (Wildman–Crippen MR) is 63.2 cm³/mol. The van der Waals surface area contributed by atoms with Crippen LogP contribution in [-0.2, 0) is 4.79 Å². The van der Waals surface area contributed by atoms with Crippen molar-refractivity contribution in [2.24, 2.45) is 5.73 Å². The number of amides is 1. The van der Waals surface area contributed by atoms with Crippen molar-refractivity contribution in [2.75, 3.05) is 7.11 Å². The third-order valence-corrected chi connectivity index (χ3v) is 2.37. The van der Waals surface area contributed by atoms with Gasteiger partial charge in [0.2, 0.25) is 5.91 Å². The van der Waals surface area contributed by atoms with Gasteiger partial charge in [0, 0.05) is 0 Å². The second-order valence-electron chi connectivity index (χ2n) is 3.80. The fourth-order valence-electron chi connectivity index (χ4n) is 1.34. The monoisotopic (exact) mass is 222 g/mol. The highest BCUT2D eigenvalue weighted by Crippen LogP contribution is 2.18. The SMILES string of the molecule is COc1cccc([C@H](C)NC(=O)C(C)N)c1. The first kappa shape index (κ1) is 12.5. The molecule has 0 heterocycles. The summed E-state index contributed by atoms with van der Waals surface area (Å²) in [6.45, 7) is 3.57. The zero-order chi connectivity index (χ0) is 12.1. The van der Waals surface area contributed by atoms with E-state index in [1.54, 1.807) is 14.0 Å². The van der Waals surface area contributed by atoms with E-state index in [-0.39, 0.29) is 11.9 Å². The summed E-state index contributed by atoms with van der Waals surface area (Å²) >= 11 is 0. The molecule has 0 aromatic heterocycles. The minimum Gasteiger partial charge on any atom is -0.497 e. The van der Waals surface area contributed by atoms with Crippen molar-refractivity contribution in [2.45, 2.75) is 25.9 Å². The zero-order valence-electron chi connectivity index (χ0n) is 9.86. The highest BCUT2D eigenvalue weighted by molar-refractivity contribution is 5.81. The maximum Gasteiger partial charge on any atom is 0.237 e. The molecule has 0 aliphatic heterocycles. The lowest BCUT2D eigenvalue weighted by molar-refractivity contribution is -0.122. The molecule has 1 amide bonds. The zero-order valence-corrected chi connectivity index (χ0v) is 9.86. The number of carbonyl (C=O) groups excluding carboxylic acids is 1. The number of carbonyl (C=O) groups is 1. The van der Waals surface area contributed by atoms with Gasteiger partial charge in [-0.15, -0.1) is 0 Å². The fourth-order valence-corrected chi connectivity index (χ4v) is 1.34. The normalized spacial score (nSPS) is 14.0. The Hall–Kier alpha value is -1.55. The first-order valence-electron chi connectivity index (χ1n) is 5.24. The van der Waals surface area contributed by atoms with E-state index in [1.807, 2.05) is 31.2 Å². The van der Waals surface area contributed by atoms with Gasteiger partial charge in [0.1, 0.15) is 5.75 Å². The Morgan fingerprint density at radius 2 is 2.12 bits per heavy atom. The summed E-state index contributed by atoms with van der Waals surface area (Å²) in [5, 5.41) is 2.83. The molecule has 0 aliphatic carbocycles. The maximum atomic E-state index is 11.4. The van der Waals surface area contributed by atoms with Gasteiger partial charge in [-0.2, -0.15) is 0 Å². The second kappa shape index (κ2) is 5.51. The molecule has 0 bridgehead atoms. The van der Waals surface area contributed by atoms with Gasteiger partial charge in [-0.05, 0) is 31.5 Å². The molecule has 0 spiro atoms. The van der Waals surface area contributed by atoms with Crippen molar-refractivity contribution in [3.8, 4) is 5.75 Å². The molecule has 0 saturated carbocycles. The number of nitrogens with two attached hydrogens (primary N) is 1. The van der Waals surface area contributed by atoms with Gasteiger partial charge in [-0.3, -0.25) is 4.79 Å². The Labute approximate surface area is 95.8 Å². The van der Waals surface area contributed by atoms with E-state index >= 15 is 0 Å². The fraction of sp³-hybridized carbons (Fsp3) is 0.417. The Balaban J connectivity index is 2.72. The molecule has 88 valence electrons. The first-order chi connectivity index (χ1) is 7.54. The number of methoxy groups -OCH3 is 1. The van der Waals surface area contributed by atoms with E-state index in [9.17, 15) is 4.79 Å². The van der Waals surface area contributed by atoms with Crippen molar-refractivity contribution in [1.29, 1.82) is 0 Å². The van der Waals surface area contributed by atoms with Crippen molar-refractivity contribution >= 4 is 5.91 Å². The smallest absolute Gasteiger partial charge is 0.237 e. The minimum absolute atomic E-state index is 0.0754. The summed E-state index contributed by atoms with van der Waals surface area (Å²) in [7, 11) is 1.62. The van der Waals surface area contributed by atoms with Crippen LogP contribution in [0.1, 0.15) is 25.5 Å². The molecule has 1 rings (SSSR count). The van der Waals surface area contributed by atoms with Crippen LogP contribution in [-0.4, -0.2) is 19.1 Å². The van der Waals surface area contributed by atoms with Gasteiger partial charge in [-0.1, -0.05) is 12.1 Å². The molecule has 0 fully saturated rings. The highest BCUT2D eigenvalue weighted by atomic mass is 16.5. The number of hydrogen-bond acceptors (Lipinski definition) is 3. The Morgan fingerprint density at radius 1 is 1.44 bits per heavy atom. The molecule has 4 heteroatoms. The summed E-state index contributed by atoms with van der Waals surface area (Å²) in [5.74, 6) is 0.620. The molecule has 3 N–H and O–H groups in total. The standard InChI is InChI=1S/C12H18N2O2/c1-8(13)12(15)14-9(2)10-5-4-6-11(7-10)16-3/h4-9H,13H2,1-3H3,(H,14,15)/t8?,9-/m0/s1. The first-order valence-corrected chi connectivity index (χ1v) is 5.24. The van der Waals surface area contributed by atoms with Gasteiger partial charge in [0.15, 0.2) is 0 Å². The molecule has 0 radical (unpaired) electrons. The maximum absolute atomic E-state index is 11.4. The van der Waals surface area contributed by atoms with Crippen LogP contribution in [0.3, 0.4) is 0 Å². The topological polar surface area (TPSA) is 64.3 Å². The number of benzene rings is 1. The number of ether oxygens (including phenoxy) is 1. The van der Waals surface area contributed by atoms with Crippen LogP contribution >= 0.6 is 0 Å². The van der Waals surface area contributed by atoms with E-state index in [0.29, 0.717) is 0 Å². The molecule has 1 unspecified atom stereocenters. The van der Waals surface area contributed by atoms with Crippen LogP contribution in [0.25, 0.3) is 0 Å². The Bertz CT molecular complexity index is 364. The van der Waals surface area contributed by atoms with Gasteiger partial charge in [-0.25, -0.2) is 0 Å². The summed E-state index contributed by atoms with van der Waals surface area (Å²) in [6.07, 6.45) is 0. The van der Waals surface area contributed by atoms with Crippen LogP contribution in [0.15, 0.2) is 24.3 Å². The molecule has 1 aromatic carbocycles.